The van der Waals surface area contributed by atoms with E-state index in [4.69, 9.17) is 9.72 Å². The summed E-state index contributed by atoms with van der Waals surface area (Å²) in [7, 11) is 1.63. The Balaban J connectivity index is 1.25. The third-order valence-electron chi connectivity index (χ3n) is 6.52. The predicted octanol–water partition coefficient (Wildman–Crippen LogP) is 6.48. The molecule has 0 spiro atoms. The van der Waals surface area contributed by atoms with Crippen molar-refractivity contribution in [2.24, 2.45) is 0 Å². The third-order valence-corrected chi connectivity index (χ3v) is 8.38. The maximum atomic E-state index is 12.9. The molecule has 8 heteroatoms. The molecule has 2 aromatic heterocycles. The number of nitriles is 1. The van der Waals surface area contributed by atoms with Crippen molar-refractivity contribution in [3.8, 4) is 23.1 Å². The lowest BCUT2D eigenvalue weighted by molar-refractivity contribution is -0.115. The molecule has 2 aromatic carbocycles. The van der Waals surface area contributed by atoms with E-state index in [-0.39, 0.29) is 5.91 Å². The molecule has 0 aliphatic heterocycles. The smallest absolute Gasteiger partial charge is 0.239 e. The quantitative estimate of drug-likeness (QED) is 0.277. The molecule has 0 fully saturated rings. The van der Waals surface area contributed by atoms with Gasteiger partial charge in [0.15, 0.2) is 5.13 Å². The monoisotopic (exact) mass is 526 g/mol. The maximum Gasteiger partial charge on any atom is 0.239 e. The number of anilines is 1. The summed E-state index contributed by atoms with van der Waals surface area (Å²) in [5.41, 5.74) is 5.75. The normalized spacial score (nSPS) is 15.3. The summed E-state index contributed by atoms with van der Waals surface area (Å²) in [4.78, 5) is 22.3. The highest BCUT2D eigenvalue weighted by atomic mass is 32.2. The zero-order chi connectivity index (χ0) is 25.8. The van der Waals surface area contributed by atoms with Crippen molar-refractivity contribution in [3.63, 3.8) is 0 Å². The number of rotatable bonds is 7. The summed E-state index contributed by atoms with van der Waals surface area (Å²) in [5.74, 6) is 1.04. The molecule has 0 bridgehead atoms. The van der Waals surface area contributed by atoms with Crippen molar-refractivity contribution in [3.05, 3.63) is 88.4 Å². The second kappa shape index (κ2) is 11.2. The van der Waals surface area contributed by atoms with Crippen molar-refractivity contribution in [2.75, 3.05) is 12.4 Å². The minimum atomic E-state index is -0.438. The van der Waals surface area contributed by atoms with Gasteiger partial charge in [0.1, 0.15) is 16.8 Å². The molecule has 0 saturated heterocycles. The molecule has 4 aromatic rings. The lowest BCUT2D eigenvalue weighted by atomic mass is 9.82. The zero-order valence-electron chi connectivity index (χ0n) is 20.6. The van der Waals surface area contributed by atoms with Crippen LogP contribution in [0.2, 0.25) is 0 Å². The lowest BCUT2D eigenvalue weighted by Crippen LogP contribution is -2.23. The number of carbonyl (C=O) groups is 1. The SMILES string of the molecule is COc1ccc(-c2csc(NC(=O)C(C)Sc3nc4c(cc3C#N)CC(c3ccccc3)CC4)n2)cc1. The van der Waals surface area contributed by atoms with E-state index in [9.17, 15) is 10.1 Å². The fourth-order valence-corrected chi connectivity index (χ4v) is 6.10. The van der Waals surface area contributed by atoms with Crippen molar-refractivity contribution in [1.82, 2.24) is 9.97 Å². The molecule has 0 saturated carbocycles. The van der Waals surface area contributed by atoms with Gasteiger partial charge < -0.3 is 10.1 Å². The largest absolute Gasteiger partial charge is 0.497 e. The molecule has 1 aliphatic carbocycles. The maximum absolute atomic E-state index is 12.9. The number of fused-ring (bicyclic) bond motifs is 1. The topological polar surface area (TPSA) is 87.9 Å². The molecule has 186 valence electrons. The van der Waals surface area contributed by atoms with Crippen LogP contribution in [0.3, 0.4) is 0 Å². The van der Waals surface area contributed by atoms with Gasteiger partial charge in [0.25, 0.3) is 0 Å². The van der Waals surface area contributed by atoms with Crippen molar-refractivity contribution < 1.29 is 9.53 Å². The van der Waals surface area contributed by atoms with E-state index in [0.717, 1.165) is 47.5 Å². The van der Waals surface area contributed by atoms with Gasteiger partial charge in [-0.05, 0) is 73.6 Å². The summed E-state index contributed by atoms with van der Waals surface area (Å²) < 4.78 is 5.21. The van der Waals surface area contributed by atoms with Gasteiger partial charge in [0.2, 0.25) is 5.91 Å². The minimum absolute atomic E-state index is 0.173. The number of aromatic nitrogens is 2. The van der Waals surface area contributed by atoms with Crippen LogP contribution in [0.1, 0.15) is 41.6 Å². The van der Waals surface area contributed by atoms with Crippen LogP contribution in [0.15, 0.2) is 71.1 Å². The standard InChI is InChI=1S/C29H26N4O2S2/c1-18(27(34)33-29-32-26(17-36-29)20-8-11-24(35-2)12-9-20)37-28-23(16-30)15-22-14-21(10-13-25(22)31-28)19-6-4-3-5-7-19/h3-9,11-12,15,17-18,21H,10,13-14H2,1-2H3,(H,32,33,34). The molecule has 1 aliphatic rings. The van der Waals surface area contributed by atoms with Crippen LogP contribution in [0.5, 0.6) is 5.75 Å². The van der Waals surface area contributed by atoms with Crippen LogP contribution in [-0.4, -0.2) is 28.2 Å². The number of nitrogens with zero attached hydrogens (tertiary/aromatic N) is 3. The van der Waals surface area contributed by atoms with Crippen molar-refractivity contribution in [1.29, 1.82) is 5.26 Å². The molecule has 37 heavy (non-hydrogen) atoms. The molecular formula is C29H26N4O2S2. The van der Waals surface area contributed by atoms with Crippen LogP contribution in [0.25, 0.3) is 11.3 Å². The molecule has 2 unspecified atom stereocenters. The summed E-state index contributed by atoms with van der Waals surface area (Å²) in [6.07, 6.45) is 2.77. The van der Waals surface area contributed by atoms with Crippen LogP contribution in [0.4, 0.5) is 5.13 Å². The molecule has 6 nitrogen and oxygen atoms in total. The Kier molecular flexibility index (Phi) is 7.54. The van der Waals surface area contributed by atoms with Gasteiger partial charge >= 0.3 is 0 Å². The van der Waals surface area contributed by atoms with Crippen LogP contribution in [0, 0.1) is 11.3 Å². The number of methoxy groups -OCH3 is 1. The average Bonchev–Trinajstić information content (AvgIpc) is 3.41. The Morgan fingerprint density at radius 2 is 1.97 bits per heavy atom. The van der Waals surface area contributed by atoms with Crippen molar-refractivity contribution in [2.45, 2.75) is 42.4 Å². The highest BCUT2D eigenvalue weighted by Gasteiger charge is 2.25. The zero-order valence-corrected chi connectivity index (χ0v) is 22.2. The van der Waals surface area contributed by atoms with Gasteiger partial charge in [-0.3, -0.25) is 4.79 Å². The predicted molar refractivity (Wildman–Crippen MR) is 148 cm³/mol. The summed E-state index contributed by atoms with van der Waals surface area (Å²) in [6.45, 7) is 1.83. The number of benzene rings is 2. The number of amides is 1. The molecular weight excluding hydrogens is 500 g/mol. The van der Waals surface area contributed by atoms with Gasteiger partial charge in [0.05, 0.1) is 23.6 Å². The van der Waals surface area contributed by atoms with E-state index in [1.165, 1.54) is 28.7 Å². The van der Waals surface area contributed by atoms with E-state index >= 15 is 0 Å². The Bertz CT molecular complexity index is 1450. The second-order valence-electron chi connectivity index (χ2n) is 8.92. The first-order valence-corrected chi connectivity index (χ1v) is 13.8. The van der Waals surface area contributed by atoms with E-state index in [1.807, 2.05) is 48.7 Å². The fraction of sp³-hybridized carbons (Fsp3) is 0.241. The number of hydrogen-bond donors (Lipinski definition) is 1. The average molecular weight is 527 g/mol. The number of aryl methyl sites for hydroxylation is 1. The highest BCUT2D eigenvalue weighted by Crippen LogP contribution is 2.35. The van der Waals surface area contributed by atoms with E-state index < -0.39 is 5.25 Å². The molecule has 1 N–H and O–H groups in total. The Morgan fingerprint density at radius 1 is 1.19 bits per heavy atom. The molecule has 2 atom stereocenters. The number of thioether (sulfide) groups is 1. The number of thiazole rings is 1. The molecule has 2 heterocycles. The van der Waals surface area contributed by atoms with Crippen LogP contribution < -0.4 is 10.1 Å². The molecule has 5 rings (SSSR count). The minimum Gasteiger partial charge on any atom is -0.497 e. The third kappa shape index (κ3) is 5.68. The fourth-order valence-electron chi connectivity index (χ4n) is 4.48. The van der Waals surface area contributed by atoms with Gasteiger partial charge in [0, 0.05) is 16.6 Å². The Morgan fingerprint density at radius 3 is 2.70 bits per heavy atom. The summed E-state index contributed by atoms with van der Waals surface area (Å²) in [5, 5.41) is 15.3. The van der Waals surface area contributed by atoms with Gasteiger partial charge in [-0.15, -0.1) is 11.3 Å². The first kappa shape index (κ1) is 25.0. The van der Waals surface area contributed by atoms with E-state index in [2.05, 4.69) is 40.6 Å². The number of carbonyl (C=O) groups excluding carboxylic acids is 1. The first-order valence-electron chi connectivity index (χ1n) is 12.1. The van der Waals surface area contributed by atoms with Gasteiger partial charge in [-0.25, -0.2) is 9.97 Å². The second-order valence-corrected chi connectivity index (χ2v) is 11.1. The Hall–Kier alpha value is -3.67. The molecule has 0 radical (unpaired) electrons. The van der Waals surface area contributed by atoms with Crippen LogP contribution >= 0.6 is 23.1 Å². The first-order chi connectivity index (χ1) is 18.0. The molecule has 1 amide bonds. The van der Waals surface area contributed by atoms with Gasteiger partial charge in [-0.2, -0.15) is 5.26 Å². The van der Waals surface area contributed by atoms with E-state index in [0.29, 0.717) is 21.6 Å². The lowest BCUT2D eigenvalue weighted by Gasteiger charge is -2.25. The number of hydrogen-bond acceptors (Lipinski definition) is 7. The highest BCUT2D eigenvalue weighted by molar-refractivity contribution is 8.00. The Labute approximate surface area is 224 Å². The number of ether oxygens (including phenoxy) is 1. The summed E-state index contributed by atoms with van der Waals surface area (Å²) in [6, 6.07) is 22.4. The van der Waals surface area contributed by atoms with Gasteiger partial charge in [-0.1, -0.05) is 42.1 Å². The van der Waals surface area contributed by atoms with Crippen LogP contribution in [-0.2, 0) is 17.6 Å². The number of pyridine rings is 1. The number of nitrogens with one attached hydrogen (secondary N) is 1. The van der Waals surface area contributed by atoms with Crippen molar-refractivity contribution >= 4 is 34.1 Å². The van der Waals surface area contributed by atoms with E-state index in [1.54, 1.807) is 7.11 Å². The summed E-state index contributed by atoms with van der Waals surface area (Å²) >= 11 is 2.70.